The normalized spacial score (nSPS) is 15.4. The lowest BCUT2D eigenvalue weighted by molar-refractivity contribution is 0.432. The number of hydrogen-bond donors (Lipinski definition) is 1. The molecule has 1 aliphatic carbocycles. The van der Waals surface area contributed by atoms with E-state index in [4.69, 9.17) is 5.10 Å². The van der Waals surface area contributed by atoms with Crippen LogP contribution >= 0.6 is 0 Å². The van der Waals surface area contributed by atoms with Crippen molar-refractivity contribution in [3.63, 3.8) is 0 Å². The van der Waals surface area contributed by atoms with E-state index in [1.54, 1.807) is 29.3 Å². The second-order valence-corrected chi connectivity index (χ2v) is 6.62. The van der Waals surface area contributed by atoms with E-state index in [-0.39, 0.29) is 0 Å². The third-order valence-corrected chi connectivity index (χ3v) is 4.75. The highest BCUT2D eigenvalue weighted by Crippen LogP contribution is 2.33. The van der Waals surface area contributed by atoms with Crippen molar-refractivity contribution in [2.24, 2.45) is 7.05 Å². The molecule has 7 nitrogen and oxygen atoms in total. The van der Waals surface area contributed by atoms with E-state index in [2.05, 4.69) is 26.6 Å². The fourth-order valence-corrected chi connectivity index (χ4v) is 3.54. The van der Waals surface area contributed by atoms with Gasteiger partial charge in [-0.1, -0.05) is 19.3 Å². The van der Waals surface area contributed by atoms with Gasteiger partial charge in [-0.3, -0.25) is 4.68 Å². The summed E-state index contributed by atoms with van der Waals surface area (Å²) >= 11 is 0. The first-order valence-electron chi connectivity index (χ1n) is 8.88. The Morgan fingerprint density at radius 1 is 1.12 bits per heavy atom. The molecule has 0 spiro atoms. The summed E-state index contributed by atoms with van der Waals surface area (Å²) in [4.78, 5) is 8.41. The van der Waals surface area contributed by atoms with Crippen LogP contribution in [0.25, 0.3) is 5.95 Å². The first-order valence-corrected chi connectivity index (χ1v) is 8.88. The molecule has 0 aliphatic heterocycles. The largest absolute Gasteiger partial charge is 0.378 e. The van der Waals surface area contributed by atoms with Crippen molar-refractivity contribution < 1.29 is 0 Å². The van der Waals surface area contributed by atoms with Crippen LogP contribution < -0.4 is 5.32 Å². The lowest BCUT2D eigenvalue weighted by Crippen LogP contribution is -2.09. The molecule has 1 N–H and O–H groups in total. The molecule has 25 heavy (non-hydrogen) atoms. The quantitative estimate of drug-likeness (QED) is 0.774. The number of hydrogen-bond acceptors (Lipinski definition) is 5. The molecular weight excluding hydrogens is 314 g/mol. The topological polar surface area (TPSA) is 73.5 Å². The van der Waals surface area contributed by atoms with Crippen molar-refractivity contribution in [1.29, 1.82) is 0 Å². The van der Waals surface area contributed by atoms with Crippen molar-refractivity contribution in [1.82, 2.24) is 29.5 Å². The lowest BCUT2D eigenvalue weighted by atomic mass is 9.85. The van der Waals surface area contributed by atoms with E-state index in [0.29, 0.717) is 11.9 Å². The lowest BCUT2D eigenvalue weighted by Gasteiger charge is -2.21. The smallest absolute Gasteiger partial charge is 0.250 e. The zero-order valence-electron chi connectivity index (χ0n) is 14.5. The van der Waals surface area contributed by atoms with E-state index < -0.39 is 0 Å². The molecule has 0 unspecified atom stereocenters. The SMILES string of the molecule is Cn1cc(CNc2cnn(-c3ncccn3)c2)c(C2CCCCC2)n1. The number of rotatable bonds is 5. The molecule has 0 bridgehead atoms. The van der Waals surface area contributed by atoms with Gasteiger partial charge in [-0.05, 0) is 18.9 Å². The molecule has 1 saturated carbocycles. The number of nitrogens with one attached hydrogen (secondary N) is 1. The minimum absolute atomic E-state index is 0.569. The monoisotopic (exact) mass is 337 g/mol. The minimum Gasteiger partial charge on any atom is -0.378 e. The third-order valence-electron chi connectivity index (χ3n) is 4.75. The van der Waals surface area contributed by atoms with Crippen molar-refractivity contribution >= 4 is 5.69 Å². The minimum atomic E-state index is 0.569. The molecular formula is C18H23N7. The summed E-state index contributed by atoms with van der Waals surface area (Å²) in [7, 11) is 2.00. The van der Waals surface area contributed by atoms with Gasteiger partial charge in [0.05, 0.1) is 23.8 Å². The summed E-state index contributed by atoms with van der Waals surface area (Å²) < 4.78 is 3.61. The Labute approximate surface area is 147 Å². The molecule has 3 aromatic rings. The first kappa shape index (κ1) is 15.8. The van der Waals surface area contributed by atoms with Gasteiger partial charge < -0.3 is 5.32 Å². The number of aromatic nitrogens is 6. The highest BCUT2D eigenvalue weighted by atomic mass is 15.3. The molecule has 0 radical (unpaired) electrons. The summed E-state index contributed by atoms with van der Waals surface area (Å²) in [6.45, 7) is 0.751. The molecule has 3 aromatic heterocycles. The van der Waals surface area contributed by atoms with Crippen LogP contribution in [0.1, 0.15) is 49.3 Å². The first-order chi connectivity index (χ1) is 12.3. The Balaban J connectivity index is 1.46. The van der Waals surface area contributed by atoms with Crippen LogP contribution in [0.2, 0.25) is 0 Å². The molecule has 7 heteroatoms. The van der Waals surface area contributed by atoms with Gasteiger partial charge in [0.2, 0.25) is 5.95 Å². The maximum Gasteiger partial charge on any atom is 0.250 e. The summed E-state index contributed by atoms with van der Waals surface area (Å²) in [5, 5.41) is 12.5. The van der Waals surface area contributed by atoms with Crippen molar-refractivity contribution in [2.45, 2.75) is 44.6 Å². The van der Waals surface area contributed by atoms with Crippen LogP contribution in [0.15, 0.2) is 37.1 Å². The Morgan fingerprint density at radius 2 is 1.92 bits per heavy atom. The van der Waals surface area contributed by atoms with Gasteiger partial charge in [-0.15, -0.1) is 0 Å². The van der Waals surface area contributed by atoms with Gasteiger partial charge >= 0.3 is 0 Å². The Kier molecular flexibility index (Phi) is 4.45. The predicted molar refractivity (Wildman–Crippen MR) is 95.5 cm³/mol. The van der Waals surface area contributed by atoms with E-state index in [1.807, 2.05) is 17.9 Å². The Morgan fingerprint density at radius 3 is 2.72 bits per heavy atom. The van der Waals surface area contributed by atoms with Crippen LogP contribution in [-0.2, 0) is 13.6 Å². The van der Waals surface area contributed by atoms with E-state index in [9.17, 15) is 0 Å². The van der Waals surface area contributed by atoms with Crippen LogP contribution in [0.5, 0.6) is 0 Å². The van der Waals surface area contributed by atoms with Crippen LogP contribution in [-0.4, -0.2) is 29.5 Å². The van der Waals surface area contributed by atoms with Gasteiger partial charge in [-0.25, -0.2) is 14.6 Å². The third kappa shape index (κ3) is 3.55. The maximum atomic E-state index is 4.74. The van der Waals surface area contributed by atoms with Gasteiger partial charge in [0, 0.05) is 43.7 Å². The fraction of sp³-hybridized carbons (Fsp3) is 0.444. The van der Waals surface area contributed by atoms with Gasteiger partial charge in [0.1, 0.15) is 0 Å². The van der Waals surface area contributed by atoms with Crippen molar-refractivity contribution in [3.8, 4) is 5.95 Å². The van der Waals surface area contributed by atoms with E-state index in [1.165, 1.54) is 43.4 Å². The number of aryl methyl sites for hydroxylation is 1. The standard InChI is InChI=1S/C18H23N7/c1-24-12-15(17(23-24)14-6-3-2-4-7-14)10-21-16-11-22-25(13-16)18-19-8-5-9-20-18/h5,8-9,11-14,21H,2-4,6-7,10H2,1H3. The molecule has 1 aliphatic rings. The molecule has 1 fully saturated rings. The molecule has 130 valence electrons. The average molecular weight is 337 g/mol. The van der Waals surface area contributed by atoms with Crippen LogP contribution in [0.4, 0.5) is 5.69 Å². The van der Waals surface area contributed by atoms with Gasteiger partial charge in [0.25, 0.3) is 0 Å². The van der Waals surface area contributed by atoms with Gasteiger partial charge in [0.15, 0.2) is 0 Å². The second-order valence-electron chi connectivity index (χ2n) is 6.62. The van der Waals surface area contributed by atoms with E-state index >= 15 is 0 Å². The summed E-state index contributed by atoms with van der Waals surface area (Å²) in [5.74, 6) is 1.17. The van der Waals surface area contributed by atoms with Crippen molar-refractivity contribution in [3.05, 3.63) is 48.3 Å². The van der Waals surface area contributed by atoms with Crippen molar-refractivity contribution in [2.75, 3.05) is 5.32 Å². The molecule has 0 amide bonds. The summed E-state index contributed by atoms with van der Waals surface area (Å²) in [6.07, 6.45) is 15.8. The average Bonchev–Trinajstić information content (AvgIpc) is 3.28. The zero-order chi connectivity index (χ0) is 17.1. The zero-order valence-corrected chi connectivity index (χ0v) is 14.5. The molecule has 0 atom stereocenters. The second kappa shape index (κ2) is 7.04. The van der Waals surface area contributed by atoms with Gasteiger partial charge in [-0.2, -0.15) is 10.2 Å². The van der Waals surface area contributed by atoms with Crippen LogP contribution in [0.3, 0.4) is 0 Å². The number of nitrogens with zero attached hydrogens (tertiary/aromatic N) is 6. The molecule has 0 saturated heterocycles. The molecule has 4 rings (SSSR count). The summed E-state index contributed by atoms with van der Waals surface area (Å²) in [5.41, 5.74) is 3.48. The summed E-state index contributed by atoms with van der Waals surface area (Å²) in [6, 6.07) is 1.79. The Hall–Kier alpha value is -2.70. The molecule has 3 heterocycles. The highest BCUT2D eigenvalue weighted by Gasteiger charge is 2.21. The Bertz CT molecular complexity index is 815. The molecule has 0 aromatic carbocycles. The van der Waals surface area contributed by atoms with E-state index in [0.717, 1.165) is 12.2 Å². The fourth-order valence-electron chi connectivity index (χ4n) is 3.54. The highest BCUT2D eigenvalue weighted by molar-refractivity contribution is 5.41. The van der Waals surface area contributed by atoms with Crippen LogP contribution in [0, 0.1) is 0 Å². The maximum absolute atomic E-state index is 4.74. The number of anilines is 1. The predicted octanol–water partition coefficient (Wildman–Crippen LogP) is 3.06.